The van der Waals surface area contributed by atoms with Crippen LogP contribution < -0.4 is 0 Å². The lowest BCUT2D eigenvalue weighted by atomic mass is 10.0. The third-order valence-electron chi connectivity index (χ3n) is 12.1. The lowest BCUT2D eigenvalue weighted by Crippen LogP contribution is -2.30. The molecule has 0 saturated carbocycles. The van der Waals surface area contributed by atoms with E-state index in [9.17, 15) is 9.59 Å². The maximum atomic E-state index is 12.7. The molecule has 0 saturated heterocycles. The van der Waals surface area contributed by atoms with Gasteiger partial charge in [-0.05, 0) is 19.3 Å². The molecule has 0 fully saturated rings. The van der Waals surface area contributed by atoms with Crippen LogP contribution in [0.2, 0.25) is 0 Å². The summed E-state index contributed by atoms with van der Waals surface area (Å²) < 4.78 is 17.4. The molecule has 0 radical (unpaired) electrons. The summed E-state index contributed by atoms with van der Waals surface area (Å²) in [6.07, 6.45) is 55.4. The van der Waals surface area contributed by atoms with Crippen LogP contribution in [0.4, 0.5) is 0 Å². The summed E-state index contributed by atoms with van der Waals surface area (Å²) in [5.41, 5.74) is 0. The molecule has 0 aromatic rings. The smallest absolute Gasteiger partial charge is 0.306 e. The first-order chi connectivity index (χ1) is 28.6. The first-order valence-corrected chi connectivity index (χ1v) is 26.6. The Hall–Kier alpha value is -1.10. The molecule has 0 bridgehead atoms. The molecule has 0 aromatic heterocycles. The van der Waals surface area contributed by atoms with Crippen molar-refractivity contribution in [2.45, 2.75) is 309 Å². The van der Waals surface area contributed by atoms with Gasteiger partial charge < -0.3 is 14.2 Å². The van der Waals surface area contributed by atoms with E-state index in [4.69, 9.17) is 14.2 Å². The largest absolute Gasteiger partial charge is 0.462 e. The molecule has 1 atom stereocenters. The fourth-order valence-electron chi connectivity index (χ4n) is 8.16. The van der Waals surface area contributed by atoms with Gasteiger partial charge in [0.05, 0.1) is 6.61 Å². The Kier molecular flexibility index (Phi) is 49.3. The van der Waals surface area contributed by atoms with Gasteiger partial charge in [-0.3, -0.25) is 9.59 Å². The van der Waals surface area contributed by atoms with Gasteiger partial charge >= 0.3 is 11.9 Å². The second kappa shape index (κ2) is 50.3. The van der Waals surface area contributed by atoms with Crippen molar-refractivity contribution in [1.29, 1.82) is 0 Å². The van der Waals surface area contributed by atoms with Crippen LogP contribution in [0.15, 0.2) is 0 Å². The highest BCUT2D eigenvalue weighted by Crippen LogP contribution is 2.17. The van der Waals surface area contributed by atoms with Crippen molar-refractivity contribution in [2.24, 2.45) is 0 Å². The molecule has 0 aromatic carbocycles. The van der Waals surface area contributed by atoms with Gasteiger partial charge in [0.25, 0.3) is 0 Å². The fourth-order valence-corrected chi connectivity index (χ4v) is 8.16. The Labute approximate surface area is 363 Å². The molecule has 5 heteroatoms. The highest BCUT2D eigenvalue weighted by atomic mass is 16.6. The van der Waals surface area contributed by atoms with Crippen molar-refractivity contribution < 1.29 is 23.8 Å². The minimum atomic E-state index is -0.522. The van der Waals surface area contributed by atoms with Crippen LogP contribution in [0.5, 0.6) is 0 Å². The molecule has 0 heterocycles. The number of unbranched alkanes of at least 4 members (excludes halogenated alkanes) is 39. The number of carbonyl (C=O) groups is 2. The molecular formula is C53H104O5. The van der Waals surface area contributed by atoms with Gasteiger partial charge in [-0.1, -0.05) is 271 Å². The molecule has 0 amide bonds. The number of hydrogen-bond donors (Lipinski definition) is 0. The molecule has 346 valence electrons. The molecule has 0 aliphatic rings. The molecular weight excluding hydrogens is 717 g/mol. The topological polar surface area (TPSA) is 61.8 Å². The number of rotatable bonds is 50. The van der Waals surface area contributed by atoms with E-state index in [1.807, 2.05) is 0 Å². The first-order valence-electron chi connectivity index (χ1n) is 26.6. The van der Waals surface area contributed by atoms with E-state index in [0.29, 0.717) is 26.1 Å². The van der Waals surface area contributed by atoms with Crippen molar-refractivity contribution in [1.82, 2.24) is 0 Å². The first kappa shape index (κ1) is 56.9. The van der Waals surface area contributed by atoms with Crippen LogP contribution in [-0.4, -0.2) is 37.9 Å². The molecule has 1 unspecified atom stereocenters. The van der Waals surface area contributed by atoms with Crippen molar-refractivity contribution in [3.8, 4) is 0 Å². The van der Waals surface area contributed by atoms with Gasteiger partial charge in [-0.25, -0.2) is 0 Å². The predicted molar refractivity (Wildman–Crippen MR) is 252 cm³/mol. The second-order valence-corrected chi connectivity index (χ2v) is 18.2. The van der Waals surface area contributed by atoms with E-state index in [-0.39, 0.29) is 18.5 Å². The van der Waals surface area contributed by atoms with E-state index < -0.39 is 6.10 Å². The summed E-state index contributed by atoms with van der Waals surface area (Å²) in [4.78, 5) is 25.3. The van der Waals surface area contributed by atoms with Crippen molar-refractivity contribution in [2.75, 3.05) is 19.8 Å². The lowest BCUT2D eigenvalue weighted by Gasteiger charge is -2.18. The van der Waals surface area contributed by atoms with Crippen LogP contribution in [0.25, 0.3) is 0 Å². The summed E-state index contributed by atoms with van der Waals surface area (Å²) >= 11 is 0. The Balaban J connectivity index is 4.07. The van der Waals surface area contributed by atoms with Crippen LogP contribution in [0.1, 0.15) is 303 Å². The predicted octanol–water partition coefficient (Wildman–Crippen LogP) is 17.7. The standard InChI is InChI=1S/C53H104O5/c1-4-7-10-13-16-19-21-23-25-26-27-28-29-30-32-35-37-40-43-46-52(54)57-50-51(58-53(55)47-44-41-38-34-18-15-12-9-6-3)49-56-48-45-42-39-36-33-31-24-22-20-17-14-11-8-5-2/h51H,4-50H2,1-3H3. The van der Waals surface area contributed by atoms with E-state index in [1.165, 1.54) is 238 Å². The molecule has 0 aliphatic carbocycles. The Bertz CT molecular complexity index is 799. The number of carbonyl (C=O) groups excluding carboxylic acids is 2. The van der Waals surface area contributed by atoms with Crippen molar-refractivity contribution in [3.05, 3.63) is 0 Å². The number of hydrogen-bond acceptors (Lipinski definition) is 5. The van der Waals surface area contributed by atoms with Gasteiger partial charge in [-0.15, -0.1) is 0 Å². The molecule has 0 rings (SSSR count). The van der Waals surface area contributed by atoms with Crippen molar-refractivity contribution >= 4 is 11.9 Å². The minimum absolute atomic E-state index is 0.0974. The zero-order chi connectivity index (χ0) is 42.1. The second-order valence-electron chi connectivity index (χ2n) is 18.2. The summed E-state index contributed by atoms with van der Waals surface area (Å²) in [5.74, 6) is -0.373. The van der Waals surface area contributed by atoms with Crippen LogP contribution >= 0.6 is 0 Å². The van der Waals surface area contributed by atoms with E-state index in [1.54, 1.807) is 0 Å². The SMILES string of the molecule is CCCCCCCCCCCCCCCCCCCCCC(=O)OCC(COCCCCCCCCCCCCCCCC)OC(=O)CCCCCCCCCCC. The zero-order valence-corrected chi connectivity index (χ0v) is 39.9. The third kappa shape index (κ3) is 47.6. The fraction of sp³-hybridized carbons (Fsp3) is 0.962. The molecule has 0 spiro atoms. The highest BCUT2D eigenvalue weighted by molar-refractivity contribution is 5.70. The summed E-state index contributed by atoms with van der Waals surface area (Å²) in [7, 11) is 0. The Morgan fingerprint density at radius 1 is 0.310 bits per heavy atom. The molecule has 5 nitrogen and oxygen atoms in total. The van der Waals surface area contributed by atoms with Gasteiger partial charge in [-0.2, -0.15) is 0 Å². The zero-order valence-electron chi connectivity index (χ0n) is 39.9. The average Bonchev–Trinajstić information content (AvgIpc) is 3.22. The van der Waals surface area contributed by atoms with E-state index in [0.717, 1.165) is 32.1 Å². The average molecular weight is 821 g/mol. The number of esters is 2. The third-order valence-corrected chi connectivity index (χ3v) is 12.1. The Morgan fingerprint density at radius 2 is 0.569 bits per heavy atom. The van der Waals surface area contributed by atoms with Crippen LogP contribution in [-0.2, 0) is 23.8 Å². The van der Waals surface area contributed by atoms with Crippen molar-refractivity contribution in [3.63, 3.8) is 0 Å². The highest BCUT2D eigenvalue weighted by Gasteiger charge is 2.17. The van der Waals surface area contributed by atoms with Gasteiger partial charge in [0.2, 0.25) is 0 Å². The van der Waals surface area contributed by atoms with E-state index >= 15 is 0 Å². The maximum Gasteiger partial charge on any atom is 0.306 e. The summed E-state index contributed by atoms with van der Waals surface area (Å²) in [6.45, 7) is 7.89. The summed E-state index contributed by atoms with van der Waals surface area (Å²) in [5, 5.41) is 0. The van der Waals surface area contributed by atoms with E-state index in [2.05, 4.69) is 20.8 Å². The van der Waals surface area contributed by atoms with Crippen LogP contribution in [0, 0.1) is 0 Å². The maximum absolute atomic E-state index is 12.7. The lowest BCUT2D eigenvalue weighted by molar-refractivity contribution is -0.163. The quantitative estimate of drug-likeness (QED) is 0.0452. The minimum Gasteiger partial charge on any atom is -0.462 e. The van der Waals surface area contributed by atoms with Gasteiger partial charge in [0.1, 0.15) is 6.61 Å². The van der Waals surface area contributed by atoms with Gasteiger partial charge in [0.15, 0.2) is 6.10 Å². The number of ether oxygens (including phenoxy) is 3. The summed E-state index contributed by atoms with van der Waals surface area (Å²) in [6, 6.07) is 0. The normalized spacial score (nSPS) is 12.0. The molecule has 0 N–H and O–H groups in total. The Morgan fingerprint density at radius 3 is 0.879 bits per heavy atom. The van der Waals surface area contributed by atoms with Crippen LogP contribution in [0.3, 0.4) is 0 Å². The molecule has 0 aliphatic heterocycles. The van der Waals surface area contributed by atoms with Gasteiger partial charge in [0, 0.05) is 19.4 Å². The monoisotopic (exact) mass is 821 g/mol. The molecule has 58 heavy (non-hydrogen) atoms.